The van der Waals surface area contributed by atoms with Gasteiger partial charge in [0, 0.05) is 6.20 Å². The van der Waals surface area contributed by atoms with Crippen LogP contribution < -0.4 is 0 Å². The Bertz CT molecular complexity index is 666. The molecule has 0 aromatic carbocycles. The molecule has 5 nitrogen and oxygen atoms in total. The highest BCUT2D eigenvalue weighted by molar-refractivity contribution is 7.98. The van der Waals surface area contributed by atoms with Crippen LogP contribution in [0.3, 0.4) is 0 Å². The summed E-state index contributed by atoms with van der Waals surface area (Å²) in [7, 11) is 0. The number of ether oxygens (including phenoxy) is 1. The SMILES string of the molecule is CSc1ncc2c(O)c(C(=O)OC3CCCCC3)sc2n1. The highest BCUT2D eigenvalue weighted by atomic mass is 32.2. The van der Waals surface area contributed by atoms with Crippen molar-refractivity contribution < 1.29 is 14.6 Å². The molecule has 1 aliphatic carbocycles. The Kier molecular flexibility index (Phi) is 4.30. The molecule has 1 saturated carbocycles. The van der Waals surface area contributed by atoms with E-state index in [4.69, 9.17) is 4.74 Å². The number of aromatic hydroxyl groups is 1. The number of hydrogen-bond acceptors (Lipinski definition) is 7. The molecule has 2 aromatic rings. The average molecular weight is 324 g/mol. The summed E-state index contributed by atoms with van der Waals surface area (Å²) in [4.78, 5) is 21.5. The monoisotopic (exact) mass is 324 g/mol. The fraction of sp³-hybridized carbons (Fsp3) is 0.500. The van der Waals surface area contributed by atoms with Crippen molar-refractivity contribution >= 4 is 39.3 Å². The largest absolute Gasteiger partial charge is 0.505 e. The number of rotatable bonds is 3. The molecule has 1 N–H and O–H groups in total. The normalized spacial score (nSPS) is 16.2. The fourth-order valence-electron chi connectivity index (χ4n) is 2.48. The van der Waals surface area contributed by atoms with E-state index in [1.165, 1.54) is 18.2 Å². The lowest BCUT2D eigenvalue weighted by atomic mass is 9.98. The van der Waals surface area contributed by atoms with Gasteiger partial charge in [-0.05, 0) is 31.9 Å². The summed E-state index contributed by atoms with van der Waals surface area (Å²) in [5, 5.41) is 11.3. The van der Waals surface area contributed by atoms with Crippen LogP contribution in [0.1, 0.15) is 41.8 Å². The zero-order valence-corrected chi connectivity index (χ0v) is 13.3. The van der Waals surface area contributed by atoms with Crippen LogP contribution in [0.15, 0.2) is 11.4 Å². The molecule has 0 spiro atoms. The minimum atomic E-state index is -0.451. The summed E-state index contributed by atoms with van der Waals surface area (Å²) in [6.45, 7) is 0. The first kappa shape index (κ1) is 14.6. The van der Waals surface area contributed by atoms with Gasteiger partial charge in [-0.3, -0.25) is 0 Å². The van der Waals surface area contributed by atoms with Gasteiger partial charge in [0.1, 0.15) is 10.9 Å². The van der Waals surface area contributed by atoms with E-state index in [1.54, 1.807) is 6.20 Å². The first-order chi connectivity index (χ1) is 10.2. The third kappa shape index (κ3) is 2.98. The van der Waals surface area contributed by atoms with Crippen molar-refractivity contribution in [2.24, 2.45) is 0 Å². The van der Waals surface area contributed by atoms with E-state index in [0.717, 1.165) is 37.0 Å². The Balaban J connectivity index is 1.85. The standard InChI is InChI=1S/C14H16N2O3S2/c1-20-14-15-7-9-10(17)11(21-12(9)16-14)13(18)19-8-5-3-2-4-6-8/h7-8,17H,2-6H2,1H3. The molecule has 0 saturated heterocycles. The summed E-state index contributed by atoms with van der Waals surface area (Å²) < 4.78 is 5.50. The van der Waals surface area contributed by atoms with Crippen LogP contribution >= 0.6 is 23.1 Å². The quantitative estimate of drug-likeness (QED) is 0.528. The smallest absolute Gasteiger partial charge is 0.352 e. The third-order valence-electron chi connectivity index (χ3n) is 3.59. The number of thioether (sulfide) groups is 1. The summed E-state index contributed by atoms with van der Waals surface area (Å²) >= 11 is 2.58. The van der Waals surface area contributed by atoms with Crippen molar-refractivity contribution in [1.29, 1.82) is 0 Å². The number of aromatic nitrogens is 2. The summed E-state index contributed by atoms with van der Waals surface area (Å²) in [5.41, 5.74) is 0. The third-order valence-corrected chi connectivity index (χ3v) is 5.23. The molecule has 2 heterocycles. The predicted molar refractivity (Wildman–Crippen MR) is 83.1 cm³/mol. The van der Waals surface area contributed by atoms with E-state index < -0.39 is 5.97 Å². The molecule has 1 aliphatic rings. The Hall–Kier alpha value is -1.34. The maximum atomic E-state index is 12.2. The number of carbonyl (C=O) groups excluding carboxylic acids is 1. The van der Waals surface area contributed by atoms with Crippen LogP contribution in [0.5, 0.6) is 5.75 Å². The first-order valence-corrected chi connectivity index (χ1v) is 8.96. The maximum Gasteiger partial charge on any atom is 0.352 e. The Labute approximate surface area is 130 Å². The Morgan fingerprint density at radius 1 is 1.43 bits per heavy atom. The van der Waals surface area contributed by atoms with Gasteiger partial charge in [-0.15, -0.1) is 11.3 Å². The molecule has 0 unspecified atom stereocenters. The van der Waals surface area contributed by atoms with E-state index in [-0.39, 0.29) is 16.7 Å². The van der Waals surface area contributed by atoms with Crippen LogP contribution in [-0.4, -0.2) is 33.4 Å². The van der Waals surface area contributed by atoms with Crippen molar-refractivity contribution in [1.82, 2.24) is 9.97 Å². The number of nitrogens with zero attached hydrogens (tertiary/aromatic N) is 2. The summed E-state index contributed by atoms with van der Waals surface area (Å²) in [6, 6.07) is 0. The summed E-state index contributed by atoms with van der Waals surface area (Å²) in [5.74, 6) is -0.517. The maximum absolute atomic E-state index is 12.2. The molecule has 0 amide bonds. The number of hydrogen-bond donors (Lipinski definition) is 1. The molecule has 3 rings (SSSR count). The minimum absolute atomic E-state index is 0.0243. The van der Waals surface area contributed by atoms with Crippen LogP contribution in [0.4, 0.5) is 0 Å². The lowest BCUT2D eigenvalue weighted by molar-refractivity contribution is 0.0214. The molecule has 7 heteroatoms. The summed E-state index contributed by atoms with van der Waals surface area (Å²) in [6.07, 6.45) is 8.63. The van der Waals surface area contributed by atoms with Crippen molar-refractivity contribution in [3.8, 4) is 5.75 Å². The topological polar surface area (TPSA) is 72.3 Å². The fourth-order valence-corrected chi connectivity index (χ4v) is 3.80. The number of esters is 1. The van der Waals surface area contributed by atoms with Crippen molar-refractivity contribution in [3.05, 3.63) is 11.1 Å². The van der Waals surface area contributed by atoms with E-state index in [9.17, 15) is 9.90 Å². The molecule has 2 aromatic heterocycles. The average Bonchev–Trinajstić information content (AvgIpc) is 2.85. The minimum Gasteiger partial charge on any atom is -0.505 e. The van der Waals surface area contributed by atoms with Gasteiger partial charge in [-0.2, -0.15) is 0 Å². The second-order valence-electron chi connectivity index (χ2n) is 5.02. The zero-order chi connectivity index (χ0) is 14.8. The van der Waals surface area contributed by atoms with Crippen molar-refractivity contribution in [3.63, 3.8) is 0 Å². The van der Waals surface area contributed by atoms with Crippen LogP contribution in [0, 0.1) is 0 Å². The van der Waals surface area contributed by atoms with Crippen LogP contribution in [0.2, 0.25) is 0 Å². The van der Waals surface area contributed by atoms with Crippen LogP contribution in [0.25, 0.3) is 10.2 Å². The van der Waals surface area contributed by atoms with E-state index in [2.05, 4.69) is 9.97 Å². The lowest BCUT2D eigenvalue weighted by Gasteiger charge is -2.21. The van der Waals surface area contributed by atoms with E-state index >= 15 is 0 Å². The number of carbonyl (C=O) groups is 1. The molecular formula is C14H16N2O3S2. The second kappa shape index (κ2) is 6.19. The van der Waals surface area contributed by atoms with E-state index in [1.807, 2.05) is 6.26 Å². The Morgan fingerprint density at radius 3 is 2.90 bits per heavy atom. The van der Waals surface area contributed by atoms with Gasteiger partial charge in [-0.1, -0.05) is 18.2 Å². The second-order valence-corrected chi connectivity index (χ2v) is 6.79. The number of fused-ring (bicyclic) bond motifs is 1. The molecule has 1 fully saturated rings. The molecule has 0 atom stereocenters. The molecule has 0 aliphatic heterocycles. The van der Waals surface area contributed by atoms with Crippen molar-refractivity contribution in [2.75, 3.05) is 6.26 Å². The molecule has 112 valence electrons. The molecule has 21 heavy (non-hydrogen) atoms. The van der Waals surface area contributed by atoms with Gasteiger partial charge < -0.3 is 9.84 Å². The first-order valence-electron chi connectivity index (χ1n) is 6.92. The van der Waals surface area contributed by atoms with Gasteiger partial charge in [0.2, 0.25) is 0 Å². The number of thiophene rings is 1. The van der Waals surface area contributed by atoms with E-state index in [0.29, 0.717) is 15.4 Å². The molecular weight excluding hydrogens is 308 g/mol. The predicted octanol–water partition coefficient (Wildman–Crippen LogP) is 3.61. The van der Waals surface area contributed by atoms with Crippen LogP contribution in [-0.2, 0) is 4.74 Å². The van der Waals surface area contributed by atoms with Gasteiger partial charge in [0.25, 0.3) is 0 Å². The van der Waals surface area contributed by atoms with Gasteiger partial charge in [0.15, 0.2) is 15.8 Å². The van der Waals surface area contributed by atoms with Gasteiger partial charge in [0.05, 0.1) is 5.39 Å². The van der Waals surface area contributed by atoms with Crippen molar-refractivity contribution in [2.45, 2.75) is 43.4 Å². The highest BCUT2D eigenvalue weighted by Crippen LogP contribution is 2.37. The zero-order valence-electron chi connectivity index (χ0n) is 11.7. The highest BCUT2D eigenvalue weighted by Gasteiger charge is 2.24. The Morgan fingerprint density at radius 2 is 2.19 bits per heavy atom. The van der Waals surface area contributed by atoms with Gasteiger partial charge >= 0.3 is 5.97 Å². The molecule has 0 bridgehead atoms. The lowest BCUT2D eigenvalue weighted by Crippen LogP contribution is -2.20. The molecule has 0 radical (unpaired) electrons. The van der Waals surface area contributed by atoms with Gasteiger partial charge in [-0.25, -0.2) is 14.8 Å².